The van der Waals surface area contributed by atoms with Crippen LogP contribution in [0.1, 0.15) is 18.9 Å². The minimum Gasteiger partial charge on any atom is -0.399 e. The van der Waals surface area contributed by atoms with E-state index in [9.17, 15) is 4.79 Å². The van der Waals surface area contributed by atoms with E-state index in [2.05, 4.69) is 5.32 Å². The van der Waals surface area contributed by atoms with E-state index < -0.39 is 0 Å². The number of amides is 2. The molecule has 0 saturated carbocycles. The number of hydrogen-bond acceptors (Lipinski definition) is 2. The first-order valence-electron chi connectivity index (χ1n) is 7.15. The summed E-state index contributed by atoms with van der Waals surface area (Å²) in [5.74, 6) is 0. The van der Waals surface area contributed by atoms with Crippen molar-refractivity contribution in [3.05, 3.63) is 60.2 Å². The van der Waals surface area contributed by atoms with E-state index in [1.807, 2.05) is 61.5 Å². The molecule has 0 aliphatic rings. The number of nitrogens with one attached hydrogen (secondary N) is 1. The molecule has 2 aromatic rings. The largest absolute Gasteiger partial charge is 0.399 e. The third-order valence-corrected chi connectivity index (χ3v) is 3.16. The molecule has 3 N–H and O–H groups in total. The topological polar surface area (TPSA) is 58.4 Å². The van der Waals surface area contributed by atoms with Crippen molar-refractivity contribution in [2.24, 2.45) is 0 Å². The summed E-state index contributed by atoms with van der Waals surface area (Å²) < 4.78 is 0. The summed E-state index contributed by atoms with van der Waals surface area (Å²) in [7, 11) is 0. The minimum absolute atomic E-state index is 0.105. The predicted octanol–water partition coefficient (Wildman–Crippen LogP) is 3.40. The molecular weight excluding hydrogens is 262 g/mol. The average Bonchev–Trinajstić information content (AvgIpc) is 2.51. The van der Waals surface area contributed by atoms with Crippen LogP contribution in [0, 0.1) is 0 Å². The molecule has 2 rings (SSSR count). The third-order valence-electron chi connectivity index (χ3n) is 3.16. The van der Waals surface area contributed by atoms with E-state index in [1.54, 1.807) is 4.90 Å². The fourth-order valence-corrected chi connectivity index (χ4v) is 2.13. The van der Waals surface area contributed by atoms with Gasteiger partial charge in [-0.25, -0.2) is 4.79 Å². The van der Waals surface area contributed by atoms with E-state index in [-0.39, 0.29) is 6.03 Å². The first-order chi connectivity index (χ1) is 10.2. The molecule has 0 radical (unpaired) electrons. The Morgan fingerprint density at radius 3 is 2.57 bits per heavy atom. The number of hydrogen-bond donors (Lipinski definition) is 2. The summed E-state index contributed by atoms with van der Waals surface area (Å²) in [6, 6.07) is 17.1. The van der Waals surface area contributed by atoms with Gasteiger partial charge in [-0.3, -0.25) is 4.90 Å². The maximum absolute atomic E-state index is 12.4. The van der Waals surface area contributed by atoms with E-state index in [1.165, 1.54) is 0 Å². The molecule has 2 aromatic carbocycles. The minimum atomic E-state index is -0.105. The second-order valence-electron chi connectivity index (χ2n) is 4.89. The van der Waals surface area contributed by atoms with Crippen molar-refractivity contribution in [2.45, 2.75) is 19.9 Å². The van der Waals surface area contributed by atoms with E-state index >= 15 is 0 Å². The van der Waals surface area contributed by atoms with Crippen molar-refractivity contribution in [3.63, 3.8) is 0 Å². The van der Waals surface area contributed by atoms with Crippen molar-refractivity contribution < 1.29 is 4.79 Å². The highest BCUT2D eigenvalue weighted by Crippen LogP contribution is 2.18. The lowest BCUT2D eigenvalue weighted by molar-refractivity contribution is 0.246. The lowest BCUT2D eigenvalue weighted by Crippen LogP contribution is -2.40. The molecule has 4 nitrogen and oxygen atoms in total. The molecule has 0 atom stereocenters. The van der Waals surface area contributed by atoms with Crippen molar-refractivity contribution in [2.75, 3.05) is 17.2 Å². The van der Waals surface area contributed by atoms with Crippen LogP contribution in [0.4, 0.5) is 16.2 Å². The number of carbonyl (C=O) groups is 1. The fraction of sp³-hybridized carbons (Fsp3) is 0.235. The molecular formula is C17H21N3O. The van der Waals surface area contributed by atoms with E-state index in [0.717, 1.165) is 17.7 Å². The van der Waals surface area contributed by atoms with Crippen LogP contribution in [0.3, 0.4) is 0 Å². The van der Waals surface area contributed by atoms with Gasteiger partial charge in [-0.2, -0.15) is 0 Å². The van der Waals surface area contributed by atoms with Crippen LogP contribution in [0.5, 0.6) is 0 Å². The monoisotopic (exact) mass is 283 g/mol. The second-order valence-corrected chi connectivity index (χ2v) is 4.89. The Balaban J connectivity index is 2.05. The zero-order valence-corrected chi connectivity index (χ0v) is 12.3. The van der Waals surface area contributed by atoms with Gasteiger partial charge in [0.2, 0.25) is 0 Å². The van der Waals surface area contributed by atoms with E-state index in [4.69, 9.17) is 5.73 Å². The number of anilines is 2. The summed E-state index contributed by atoms with van der Waals surface area (Å²) >= 11 is 0. The second kappa shape index (κ2) is 7.33. The fourth-order valence-electron chi connectivity index (χ4n) is 2.13. The Bertz CT molecular complexity index is 584. The predicted molar refractivity (Wildman–Crippen MR) is 87.2 cm³/mol. The molecule has 0 aliphatic heterocycles. The molecule has 0 aliphatic carbocycles. The van der Waals surface area contributed by atoms with Crippen molar-refractivity contribution >= 4 is 17.4 Å². The van der Waals surface area contributed by atoms with Gasteiger partial charge in [0.15, 0.2) is 0 Å². The summed E-state index contributed by atoms with van der Waals surface area (Å²) in [4.78, 5) is 14.1. The van der Waals surface area contributed by atoms with Crippen LogP contribution < -0.4 is 16.0 Å². The van der Waals surface area contributed by atoms with Gasteiger partial charge in [0.1, 0.15) is 0 Å². The summed E-state index contributed by atoms with van der Waals surface area (Å²) in [6.07, 6.45) is 0.882. The van der Waals surface area contributed by atoms with Gasteiger partial charge >= 0.3 is 6.03 Å². The summed E-state index contributed by atoms with van der Waals surface area (Å²) in [5, 5.41) is 2.95. The number of nitrogens with zero attached hydrogens (tertiary/aromatic N) is 1. The van der Waals surface area contributed by atoms with Crippen molar-refractivity contribution in [3.8, 4) is 0 Å². The highest BCUT2D eigenvalue weighted by atomic mass is 16.2. The smallest absolute Gasteiger partial charge is 0.322 e. The molecule has 0 unspecified atom stereocenters. The highest BCUT2D eigenvalue weighted by molar-refractivity contribution is 5.92. The zero-order chi connectivity index (χ0) is 15.1. The van der Waals surface area contributed by atoms with Crippen LogP contribution in [-0.4, -0.2) is 12.6 Å². The van der Waals surface area contributed by atoms with Crippen molar-refractivity contribution in [1.82, 2.24) is 5.32 Å². The molecule has 0 bridgehead atoms. The van der Waals surface area contributed by atoms with Crippen LogP contribution in [0.25, 0.3) is 0 Å². The SMILES string of the molecule is CCCN(C(=O)NCc1ccccc1)c1cccc(N)c1. The van der Waals surface area contributed by atoms with Gasteiger partial charge in [-0.15, -0.1) is 0 Å². The molecule has 4 heteroatoms. The summed E-state index contributed by atoms with van der Waals surface area (Å²) in [5.41, 5.74) is 8.36. The van der Waals surface area contributed by atoms with Crippen LogP contribution >= 0.6 is 0 Å². The summed E-state index contributed by atoms with van der Waals surface area (Å²) in [6.45, 7) is 3.22. The number of nitrogens with two attached hydrogens (primary N) is 1. The van der Waals surface area contributed by atoms with Crippen molar-refractivity contribution in [1.29, 1.82) is 0 Å². The maximum atomic E-state index is 12.4. The lowest BCUT2D eigenvalue weighted by atomic mass is 10.2. The Morgan fingerprint density at radius 2 is 1.90 bits per heavy atom. The van der Waals surface area contributed by atoms with Gasteiger partial charge in [-0.05, 0) is 30.2 Å². The molecule has 21 heavy (non-hydrogen) atoms. The highest BCUT2D eigenvalue weighted by Gasteiger charge is 2.14. The lowest BCUT2D eigenvalue weighted by Gasteiger charge is -2.23. The standard InChI is InChI=1S/C17H21N3O/c1-2-11-20(16-10-6-9-15(18)12-16)17(21)19-13-14-7-4-3-5-8-14/h3-10,12H,2,11,13,18H2,1H3,(H,19,21). The van der Waals surface area contributed by atoms with Crippen LogP contribution in [0.15, 0.2) is 54.6 Å². The first-order valence-corrected chi connectivity index (χ1v) is 7.15. The molecule has 0 saturated heterocycles. The maximum Gasteiger partial charge on any atom is 0.322 e. The van der Waals surface area contributed by atoms with Crippen LogP contribution in [0.2, 0.25) is 0 Å². The Kier molecular flexibility index (Phi) is 5.21. The molecule has 0 fully saturated rings. The molecule has 110 valence electrons. The molecule has 0 spiro atoms. The quantitative estimate of drug-likeness (QED) is 0.826. The van der Waals surface area contributed by atoms with Gasteiger partial charge in [0.25, 0.3) is 0 Å². The van der Waals surface area contributed by atoms with Gasteiger partial charge < -0.3 is 11.1 Å². The van der Waals surface area contributed by atoms with Gasteiger partial charge in [-0.1, -0.05) is 43.3 Å². The van der Waals surface area contributed by atoms with Gasteiger partial charge in [0, 0.05) is 24.5 Å². The van der Waals surface area contributed by atoms with E-state index in [0.29, 0.717) is 18.8 Å². The Hall–Kier alpha value is -2.49. The number of rotatable bonds is 5. The number of urea groups is 1. The number of nitrogen functional groups attached to an aromatic ring is 1. The Labute approximate surface area is 125 Å². The van der Waals surface area contributed by atoms with Crippen LogP contribution in [-0.2, 0) is 6.54 Å². The molecule has 0 heterocycles. The molecule has 2 amide bonds. The zero-order valence-electron chi connectivity index (χ0n) is 12.3. The van der Waals surface area contributed by atoms with Gasteiger partial charge in [0.05, 0.1) is 0 Å². The third kappa shape index (κ3) is 4.24. The average molecular weight is 283 g/mol. The normalized spacial score (nSPS) is 10.1. The number of benzene rings is 2. The first kappa shape index (κ1) is 14.9. The number of carbonyl (C=O) groups excluding carboxylic acids is 1. The molecule has 0 aromatic heterocycles. The Morgan fingerprint density at radius 1 is 1.14 bits per heavy atom.